The van der Waals surface area contributed by atoms with Crippen LogP contribution in [-0.2, 0) is 11.2 Å². The number of benzene rings is 1. The molecule has 0 heterocycles. The van der Waals surface area contributed by atoms with Gasteiger partial charge in [-0.05, 0) is 12.0 Å². The second-order valence-electron chi connectivity index (χ2n) is 2.63. The van der Waals surface area contributed by atoms with E-state index in [1.165, 1.54) is 0 Å². The summed E-state index contributed by atoms with van der Waals surface area (Å²) in [6.45, 7) is 0. The Morgan fingerprint density at radius 3 is 2.38 bits per heavy atom. The average Bonchev–Trinajstić information content (AvgIpc) is 2.06. The van der Waals surface area contributed by atoms with Crippen LogP contribution in [0.5, 0.6) is 0 Å². The van der Waals surface area contributed by atoms with Gasteiger partial charge in [0.2, 0.25) is 0 Å². The van der Waals surface area contributed by atoms with Gasteiger partial charge in [-0.3, -0.25) is 4.79 Å². The molecule has 0 bridgehead atoms. The monoisotopic (exact) mass is 188 g/mol. The van der Waals surface area contributed by atoms with Gasteiger partial charge < -0.3 is 10.8 Å². The zero-order valence-corrected chi connectivity index (χ0v) is 9.60. The van der Waals surface area contributed by atoms with E-state index in [2.05, 4.69) is 0 Å². The summed E-state index contributed by atoms with van der Waals surface area (Å²) in [5.41, 5.74) is 6.30. The second kappa shape index (κ2) is 6.16. The summed E-state index contributed by atoms with van der Waals surface area (Å²) in [7, 11) is 0. The van der Waals surface area contributed by atoms with Gasteiger partial charge in [0.1, 0.15) is 6.04 Å². The molecule has 1 unspecified atom stereocenters. The van der Waals surface area contributed by atoms with Crippen molar-refractivity contribution in [2.24, 2.45) is 5.73 Å². The molecule has 0 aliphatic carbocycles. The first-order valence-corrected chi connectivity index (χ1v) is 3.72. The Kier molecular flexibility index (Phi) is 5.99. The molecule has 13 heavy (non-hydrogen) atoms. The molecule has 1 atom stereocenters. The van der Waals surface area contributed by atoms with E-state index in [4.69, 9.17) is 10.8 Å². The predicted octanol–water partition coefficient (Wildman–Crippen LogP) is 0.260. The van der Waals surface area contributed by atoms with E-state index in [1.54, 1.807) is 0 Å². The van der Waals surface area contributed by atoms with Crippen LogP contribution in [0.3, 0.4) is 0 Å². The van der Waals surface area contributed by atoms with Gasteiger partial charge in [0.05, 0.1) is 0 Å². The van der Waals surface area contributed by atoms with Crippen molar-refractivity contribution in [3.63, 3.8) is 0 Å². The molecule has 0 spiro atoms. The van der Waals surface area contributed by atoms with Crippen LogP contribution in [0.2, 0.25) is 0 Å². The Labute approximate surface area is 99.2 Å². The Hall–Kier alpha value is -0.350. The second-order valence-corrected chi connectivity index (χ2v) is 2.63. The van der Waals surface area contributed by atoms with Gasteiger partial charge in [0, 0.05) is 29.6 Å². The molecular weight excluding hydrogens is 177 g/mol. The number of nitrogens with two attached hydrogens (primary N) is 1. The first-order valence-electron chi connectivity index (χ1n) is 3.72. The van der Waals surface area contributed by atoms with Crippen LogP contribution in [0.4, 0.5) is 0 Å². The fraction of sp³-hybridized carbons (Fsp3) is 0.222. The molecule has 0 amide bonds. The number of hydrogen-bond donors (Lipinski definition) is 2. The number of carboxylic acid groups (broad SMARTS) is 1. The molecule has 1 rings (SSSR count). The first-order chi connectivity index (χ1) is 5.70. The molecule has 0 aliphatic heterocycles. The molecule has 0 aliphatic rings. The number of aliphatic carboxylic acids is 1. The molecule has 3 nitrogen and oxygen atoms in total. The van der Waals surface area contributed by atoms with Crippen LogP contribution in [0.15, 0.2) is 30.3 Å². The smallest absolute Gasteiger partial charge is 0.320 e. The van der Waals surface area contributed by atoms with Crippen LogP contribution in [0.25, 0.3) is 0 Å². The molecule has 0 fully saturated rings. The molecule has 0 saturated heterocycles. The first kappa shape index (κ1) is 12.7. The molecule has 0 saturated carbocycles. The van der Waals surface area contributed by atoms with Crippen molar-refractivity contribution < 1.29 is 9.90 Å². The van der Waals surface area contributed by atoms with Crippen molar-refractivity contribution in [2.75, 3.05) is 0 Å². The zero-order chi connectivity index (χ0) is 8.97. The largest absolute Gasteiger partial charge is 0.480 e. The van der Waals surface area contributed by atoms with Gasteiger partial charge in [-0.1, -0.05) is 30.3 Å². The average molecular weight is 188 g/mol. The summed E-state index contributed by atoms with van der Waals surface area (Å²) < 4.78 is 0. The van der Waals surface area contributed by atoms with E-state index in [0.29, 0.717) is 6.42 Å². The molecule has 1 aromatic carbocycles. The summed E-state index contributed by atoms with van der Waals surface area (Å²) in [4.78, 5) is 10.4. The van der Waals surface area contributed by atoms with Crippen molar-refractivity contribution in [3.05, 3.63) is 35.9 Å². The summed E-state index contributed by atoms with van der Waals surface area (Å²) >= 11 is 0. The maximum absolute atomic E-state index is 10.4. The van der Waals surface area contributed by atoms with Gasteiger partial charge in [-0.2, -0.15) is 0 Å². The molecule has 3 N–H and O–H groups in total. The van der Waals surface area contributed by atoms with E-state index in [9.17, 15) is 4.79 Å². The van der Waals surface area contributed by atoms with E-state index in [-0.39, 0.29) is 29.6 Å². The van der Waals surface area contributed by atoms with Crippen molar-refractivity contribution in [3.8, 4) is 0 Å². The van der Waals surface area contributed by atoms with Crippen LogP contribution in [0, 0.1) is 0 Å². The SMILES string of the molecule is NC(Cc1ccccc1)C(=O)O.[Na]. The number of hydrogen-bond acceptors (Lipinski definition) is 2. The molecule has 0 aromatic heterocycles. The third-order valence-corrected chi connectivity index (χ3v) is 1.62. The summed E-state index contributed by atoms with van der Waals surface area (Å²) in [6.07, 6.45) is 0.385. The molecule has 4 heteroatoms. The van der Waals surface area contributed by atoms with Crippen molar-refractivity contribution >= 4 is 35.5 Å². The van der Waals surface area contributed by atoms with Crippen molar-refractivity contribution in [1.82, 2.24) is 0 Å². The third-order valence-electron chi connectivity index (χ3n) is 1.62. The van der Waals surface area contributed by atoms with Gasteiger partial charge in [-0.25, -0.2) is 0 Å². The van der Waals surface area contributed by atoms with E-state index >= 15 is 0 Å². The van der Waals surface area contributed by atoms with Crippen LogP contribution < -0.4 is 5.73 Å². The Morgan fingerprint density at radius 2 is 1.92 bits per heavy atom. The minimum atomic E-state index is -0.959. The maximum Gasteiger partial charge on any atom is 0.320 e. The van der Waals surface area contributed by atoms with Gasteiger partial charge in [0.25, 0.3) is 0 Å². The topological polar surface area (TPSA) is 63.3 Å². The maximum atomic E-state index is 10.4. The van der Waals surface area contributed by atoms with E-state index in [0.717, 1.165) is 5.56 Å². The summed E-state index contributed by atoms with van der Waals surface area (Å²) in [5, 5.41) is 8.52. The molecular formula is C9H11NNaO2. The molecule has 1 radical (unpaired) electrons. The Bertz CT molecular complexity index is 264. The number of carboxylic acids is 1. The quantitative estimate of drug-likeness (QED) is 0.669. The summed E-state index contributed by atoms with van der Waals surface area (Å²) in [6, 6.07) is 8.54. The predicted molar refractivity (Wildman–Crippen MR) is 51.5 cm³/mol. The fourth-order valence-electron chi connectivity index (χ4n) is 0.955. The van der Waals surface area contributed by atoms with E-state index in [1.807, 2.05) is 30.3 Å². The minimum Gasteiger partial charge on any atom is -0.480 e. The van der Waals surface area contributed by atoms with Gasteiger partial charge in [-0.15, -0.1) is 0 Å². The fourth-order valence-corrected chi connectivity index (χ4v) is 0.955. The molecule has 1 aromatic rings. The molecule has 65 valence electrons. The number of rotatable bonds is 3. The minimum absolute atomic E-state index is 0. The van der Waals surface area contributed by atoms with Gasteiger partial charge in [0.15, 0.2) is 0 Å². The van der Waals surface area contributed by atoms with Crippen LogP contribution in [0.1, 0.15) is 5.56 Å². The van der Waals surface area contributed by atoms with Gasteiger partial charge >= 0.3 is 5.97 Å². The Balaban J connectivity index is 0.00000144. The van der Waals surface area contributed by atoms with Crippen molar-refractivity contribution in [2.45, 2.75) is 12.5 Å². The zero-order valence-electron chi connectivity index (χ0n) is 7.60. The summed E-state index contributed by atoms with van der Waals surface area (Å²) in [5.74, 6) is -0.959. The van der Waals surface area contributed by atoms with Crippen LogP contribution in [-0.4, -0.2) is 46.7 Å². The van der Waals surface area contributed by atoms with Crippen molar-refractivity contribution in [1.29, 1.82) is 0 Å². The number of carbonyl (C=O) groups is 1. The normalized spacial score (nSPS) is 11.5. The third kappa shape index (κ3) is 4.43. The standard InChI is InChI=1S/C9H11NO2.Na/c10-8(9(11)12)6-7-4-2-1-3-5-7;/h1-5,8H,6,10H2,(H,11,12);. The van der Waals surface area contributed by atoms with E-state index < -0.39 is 12.0 Å². The Morgan fingerprint density at radius 1 is 1.38 bits per heavy atom. The van der Waals surface area contributed by atoms with Crippen LogP contribution >= 0.6 is 0 Å².